The first-order valence-corrected chi connectivity index (χ1v) is 9.29. The Bertz CT molecular complexity index is 1220. The third-order valence-corrected chi connectivity index (χ3v) is 4.72. The van der Waals surface area contributed by atoms with Gasteiger partial charge in [0.05, 0.1) is 10.6 Å². The molecule has 2 aromatic carbocycles. The number of furan rings is 1. The van der Waals surface area contributed by atoms with Crippen LogP contribution in [-0.2, 0) is 4.79 Å². The molecule has 0 fully saturated rings. The average molecular weight is 421 g/mol. The molecule has 0 atom stereocenters. The second kappa shape index (κ2) is 8.68. The van der Waals surface area contributed by atoms with Crippen molar-refractivity contribution in [3.05, 3.63) is 81.6 Å². The molecule has 150 valence electrons. The van der Waals surface area contributed by atoms with Gasteiger partial charge in [0.2, 0.25) is 0 Å². The number of nitrogens with zero attached hydrogens (tertiary/aromatic N) is 1. The standard InChI is InChI=1S/C23H17ClN2O4/c1-13-3-7-20(14(2)9-13)26-22(27)16(12-25)10-17-5-8-21(30-17)15-4-6-19(24)18(11-15)23(28)29/h3-11H,1-2H3,(H,26,27)(H,28,29)/b16-10+. The number of carboxylic acid groups (broad SMARTS) is 1. The highest BCUT2D eigenvalue weighted by Gasteiger charge is 2.14. The third kappa shape index (κ3) is 4.59. The number of carboxylic acids is 1. The Labute approximate surface area is 178 Å². The molecular weight excluding hydrogens is 404 g/mol. The highest BCUT2D eigenvalue weighted by Crippen LogP contribution is 2.28. The molecule has 6 nitrogen and oxygen atoms in total. The molecule has 0 bridgehead atoms. The van der Waals surface area contributed by atoms with Crippen molar-refractivity contribution < 1.29 is 19.1 Å². The molecule has 0 saturated heterocycles. The van der Waals surface area contributed by atoms with E-state index in [1.54, 1.807) is 24.3 Å². The molecule has 0 aliphatic carbocycles. The van der Waals surface area contributed by atoms with Crippen molar-refractivity contribution in [3.8, 4) is 17.4 Å². The number of halogens is 1. The molecule has 0 unspecified atom stereocenters. The van der Waals surface area contributed by atoms with E-state index in [-0.39, 0.29) is 21.9 Å². The number of hydrogen-bond donors (Lipinski definition) is 2. The van der Waals surface area contributed by atoms with Crippen LogP contribution in [0.15, 0.2) is 58.5 Å². The van der Waals surface area contributed by atoms with Crippen LogP contribution in [0.25, 0.3) is 17.4 Å². The smallest absolute Gasteiger partial charge is 0.337 e. The molecule has 3 rings (SSSR count). The molecular formula is C23H17ClN2O4. The molecule has 1 aromatic heterocycles. The summed E-state index contributed by atoms with van der Waals surface area (Å²) in [5.74, 6) is -1.04. The summed E-state index contributed by atoms with van der Waals surface area (Å²) in [6.45, 7) is 3.82. The first-order valence-electron chi connectivity index (χ1n) is 8.92. The number of nitrogens with one attached hydrogen (secondary N) is 1. The summed E-state index contributed by atoms with van der Waals surface area (Å²) in [4.78, 5) is 23.8. The molecule has 1 amide bonds. The first kappa shape index (κ1) is 20.9. The highest BCUT2D eigenvalue weighted by atomic mass is 35.5. The van der Waals surface area contributed by atoms with Crippen molar-refractivity contribution in [2.24, 2.45) is 0 Å². The number of amides is 1. The normalized spacial score (nSPS) is 11.1. The zero-order valence-electron chi connectivity index (χ0n) is 16.2. The lowest BCUT2D eigenvalue weighted by atomic mass is 10.1. The summed E-state index contributed by atoms with van der Waals surface area (Å²) in [6, 6.07) is 15.2. The largest absolute Gasteiger partial charge is 0.478 e. The van der Waals surface area contributed by atoms with Crippen LogP contribution in [0.3, 0.4) is 0 Å². The van der Waals surface area contributed by atoms with Gasteiger partial charge in [0, 0.05) is 17.3 Å². The van der Waals surface area contributed by atoms with Crippen LogP contribution in [-0.4, -0.2) is 17.0 Å². The average Bonchev–Trinajstić information content (AvgIpc) is 3.17. The quantitative estimate of drug-likeness (QED) is 0.421. The Balaban J connectivity index is 1.85. The number of carbonyl (C=O) groups is 2. The zero-order chi connectivity index (χ0) is 21.8. The predicted octanol–water partition coefficient (Wildman–Crippen LogP) is 5.46. The van der Waals surface area contributed by atoms with Crippen molar-refractivity contribution in [1.29, 1.82) is 5.26 Å². The van der Waals surface area contributed by atoms with E-state index in [0.29, 0.717) is 17.0 Å². The lowest BCUT2D eigenvalue weighted by Gasteiger charge is -2.08. The third-order valence-electron chi connectivity index (χ3n) is 4.39. The molecule has 7 heteroatoms. The monoisotopic (exact) mass is 420 g/mol. The van der Waals surface area contributed by atoms with E-state index >= 15 is 0 Å². The van der Waals surface area contributed by atoms with Crippen LogP contribution in [0.2, 0.25) is 5.02 Å². The summed E-state index contributed by atoms with van der Waals surface area (Å²) in [5, 5.41) is 21.4. The SMILES string of the molecule is Cc1ccc(NC(=O)/C(C#N)=C/c2ccc(-c3ccc(Cl)c(C(=O)O)c3)o2)c(C)c1. The summed E-state index contributed by atoms with van der Waals surface area (Å²) < 4.78 is 5.67. The fourth-order valence-corrected chi connectivity index (χ4v) is 3.06. The Kier molecular flexibility index (Phi) is 6.05. The predicted molar refractivity (Wildman–Crippen MR) is 114 cm³/mol. The van der Waals surface area contributed by atoms with E-state index in [1.165, 1.54) is 18.2 Å². The Hall–Kier alpha value is -3.82. The fourth-order valence-electron chi connectivity index (χ4n) is 2.86. The van der Waals surface area contributed by atoms with Gasteiger partial charge in [-0.2, -0.15) is 5.26 Å². The Morgan fingerprint density at radius 1 is 1.13 bits per heavy atom. The van der Waals surface area contributed by atoms with Gasteiger partial charge in [-0.15, -0.1) is 0 Å². The second-order valence-corrected chi connectivity index (χ2v) is 7.05. The number of anilines is 1. The van der Waals surface area contributed by atoms with Crippen LogP contribution >= 0.6 is 11.6 Å². The lowest BCUT2D eigenvalue weighted by molar-refractivity contribution is -0.112. The molecule has 30 heavy (non-hydrogen) atoms. The number of benzene rings is 2. The Morgan fingerprint density at radius 2 is 1.90 bits per heavy atom. The van der Waals surface area contributed by atoms with Gasteiger partial charge in [-0.3, -0.25) is 4.79 Å². The topological polar surface area (TPSA) is 103 Å². The molecule has 2 N–H and O–H groups in total. The van der Waals surface area contributed by atoms with Crippen molar-refractivity contribution in [2.45, 2.75) is 13.8 Å². The molecule has 0 radical (unpaired) electrons. The Morgan fingerprint density at radius 3 is 2.57 bits per heavy atom. The van der Waals surface area contributed by atoms with Crippen molar-refractivity contribution >= 4 is 35.2 Å². The van der Waals surface area contributed by atoms with Gasteiger partial charge >= 0.3 is 5.97 Å². The van der Waals surface area contributed by atoms with E-state index in [4.69, 9.17) is 16.0 Å². The molecule has 0 aliphatic heterocycles. The maximum absolute atomic E-state index is 12.5. The van der Waals surface area contributed by atoms with Crippen molar-refractivity contribution in [3.63, 3.8) is 0 Å². The van der Waals surface area contributed by atoms with E-state index in [9.17, 15) is 20.0 Å². The minimum absolute atomic E-state index is 0.0479. The number of hydrogen-bond acceptors (Lipinski definition) is 4. The van der Waals surface area contributed by atoms with Crippen LogP contribution < -0.4 is 5.32 Å². The summed E-state index contributed by atoms with van der Waals surface area (Å²) in [5.41, 5.74) is 2.91. The number of nitriles is 1. The number of carbonyl (C=O) groups excluding carboxylic acids is 1. The van der Waals surface area contributed by atoms with E-state index in [2.05, 4.69) is 5.32 Å². The van der Waals surface area contributed by atoms with Gasteiger partial charge in [0.1, 0.15) is 23.2 Å². The van der Waals surface area contributed by atoms with Crippen LogP contribution in [0.4, 0.5) is 5.69 Å². The minimum Gasteiger partial charge on any atom is -0.478 e. The second-order valence-electron chi connectivity index (χ2n) is 6.64. The fraction of sp³-hybridized carbons (Fsp3) is 0.0870. The van der Waals surface area contributed by atoms with E-state index < -0.39 is 11.9 Å². The van der Waals surface area contributed by atoms with Gasteiger partial charge in [0.15, 0.2) is 0 Å². The van der Waals surface area contributed by atoms with Crippen molar-refractivity contribution in [2.75, 3.05) is 5.32 Å². The lowest BCUT2D eigenvalue weighted by Crippen LogP contribution is -2.14. The maximum atomic E-state index is 12.5. The molecule has 1 heterocycles. The summed E-state index contributed by atoms with van der Waals surface area (Å²) >= 11 is 5.89. The molecule has 0 saturated carbocycles. The van der Waals surface area contributed by atoms with E-state index in [1.807, 2.05) is 32.0 Å². The zero-order valence-corrected chi connectivity index (χ0v) is 16.9. The van der Waals surface area contributed by atoms with Gasteiger partial charge in [-0.05, 0) is 55.8 Å². The number of rotatable bonds is 5. The van der Waals surface area contributed by atoms with Crippen molar-refractivity contribution in [1.82, 2.24) is 0 Å². The highest BCUT2D eigenvalue weighted by molar-refractivity contribution is 6.33. The number of aryl methyl sites for hydroxylation is 2. The van der Waals surface area contributed by atoms with Gasteiger partial charge in [-0.1, -0.05) is 29.3 Å². The maximum Gasteiger partial charge on any atom is 0.337 e. The minimum atomic E-state index is -1.15. The summed E-state index contributed by atoms with van der Waals surface area (Å²) in [7, 11) is 0. The number of aromatic carboxylic acids is 1. The van der Waals surface area contributed by atoms with Crippen LogP contribution in [0.1, 0.15) is 27.2 Å². The molecule has 0 aliphatic rings. The van der Waals surface area contributed by atoms with E-state index in [0.717, 1.165) is 11.1 Å². The van der Waals surface area contributed by atoms with Gasteiger partial charge < -0.3 is 14.8 Å². The van der Waals surface area contributed by atoms with Gasteiger partial charge in [0.25, 0.3) is 5.91 Å². The van der Waals surface area contributed by atoms with Crippen LogP contribution in [0.5, 0.6) is 0 Å². The van der Waals surface area contributed by atoms with Crippen LogP contribution in [0, 0.1) is 25.2 Å². The molecule has 3 aromatic rings. The summed E-state index contributed by atoms with van der Waals surface area (Å²) in [6.07, 6.45) is 1.33. The molecule has 0 spiro atoms. The first-order chi connectivity index (χ1) is 14.3. The van der Waals surface area contributed by atoms with Gasteiger partial charge in [-0.25, -0.2) is 4.79 Å².